The number of nitrogens with zero attached hydrogens (tertiary/aromatic N) is 2. The van der Waals surface area contributed by atoms with Gasteiger partial charge in [0.1, 0.15) is 12.3 Å². The van der Waals surface area contributed by atoms with Crippen LogP contribution in [0, 0.1) is 16.0 Å². The molecule has 2 heterocycles. The molecule has 1 aromatic rings. The molecular formula is C9H13N3O3S. The number of aromatic nitrogens is 1. The third-order valence-corrected chi connectivity index (χ3v) is 3.50. The van der Waals surface area contributed by atoms with Crippen molar-refractivity contribution in [1.82, 2.24) is 10.3 Å². The van der Waals surface area contributed by atoms with E-state index in [1.165, 1.54) is 6.20 Å². The van der Waals surface area contributed by atoms with Crippen molar-refractivity contribution in [3.05, 3.63) is 16.3 Å². The first kappa shape index (κ1) is 11.3. The predicted molar refractivity (Wildman–Crippen MR) is 59.8 cm³/mol. The number of hydrogen-bond acceptors (Lipinski definition) is 6. The Morgan fingerprint density at radius 2 is 2.56 bits per heavy atom. The molecule has 0 saturated carbocycles. The Balaban J connectivity index is 1.99. The van der Waals surface area contributed by atoms with E-state index in [1.807, 2.05) is 0 Å². The van der Waals surface area contributed by atoms with E-state index in [2.05, 4.69) is 17.2 Å². The van der Waals surface area contributed by atoms with Gasteiger partial charge in [0.05, 0.1) is 4.92 Å². The lowest BCUT2D eigenvalue weighted by molar-refractivity contribution is -0.380. The summed E-state index contributed by atoms with van der Waals surface area (Å²) in [6.07, 6.45) is 2.35. The summed E-state index contributed by atoms with van der Waals surface area (Å²) in [7, 11) is 0. The highest BCUT2D eigenvalue weighted by atomic mass is 32.1. The Labute approximate surface area is 96.8 Å². The first-order valence-corrected chi connectivity index (χ1v) is 5.96. The van der Waals surface area contributed by atoms with Crippen LogP contribution in [-0.4, -0.2) is 29.1 Å². The zero-order valence-corrected chi connectivity index (χ0v) is 9.70. The van der Waals surface area contributed by atoms with Gasteiger partial charge in [-0.3, -0.25) is 10.1 Å². The molecule has 6 nitrogen and oxygen atoms in total. The topological polar surface area (TPSA) is 77.3 Å². The molecule has 0 bridgehead atoms. The highest BCUT2D eigenvalue weighted by Crippen LogP contribution is 2.29. The van der Waals surface area contributed by atoms with Gasteiger partial charge in [-0.05, 0) is 30.2 Å². The molecule has 7 heteroatoms. The predicted octanol–water partition coefficient (Wildman–Crippen LogP) is 1.43. The van der Waals surface area contributed by atoms with Crippen molar-refractivity contribution in [2.75, 3.05) is 13.1 Å². The molecule has 1 aliphatic rings. The van der Waals surface area contributed by atoms with Gasteiger partial charge in [-0.25, -0.2) is 4.98 Å². The van der Waals surface area contributed by atoms with E-state index in [1.54, 1.807) is 0 Å². The van der Waals surface area contributed by atoms with Crippen LogP contribution < -0.4 is 10.1 Å². The van der Waals surface area contributed by atoms with Crippen LogP contribution in [-0.2, 0) is 0 Å². The van der Waals surface area contributed by atoms with E-state index >= 15 is 0 Å². The van der Waals surface area contributed by atoms with E-state index in [9.17, 15) is 10.1 Å². The van der Waals surface area contributed by atoms with Gasteiger partial charge < -0.3 is 10.1 Å². The van der Waals surface area contributed by atoms with E-state index in [-0.39, 0.29) is 11.1 Å². The van der Waals surface area contributed by atoms with Crippen LogP contribution in [0.2, 0.25) is 0 Å². The van der Waals surface area contributed by atoms with Crippen LogP contribution in [0.5, 0.6) is 5.19 Å². The minimum Gasteiger partial charge on any atom is -0.465 e. The summed E-state index contributed by atoms with van der Waals surface area (Å²) < 4.78 is 5.64. The maximum Gasteiger partial charge on any atom is 0.347 e. The monoisotopic (exact) mass is 243 g/mol. The van der Waals surface area contributed by atoms with Gasteiger partial charge in [-0.1, -0.05) is 6.92 Å². The van der Waals surface area contributed by atoms with Gasteiger partial charge in [-0.2, -0.15) is 0 Å². The Morgan fingerprint density at radius 1 is 1.75 bits per heavy atom. The summed E-state index contributed by atoms with van der Waals surface area (Å²) in [6, 6.07) is 0. The molecule has 0 radical (unpaired) electrons. The van der Waals surface area contributed by atoms with Crippen molar-refractivity contribution in [3.8, 4) is 5.19 Å². The quantitative estimate of drug-likeness (QED) is 0.642. The van der Waals surface area contributed by atoms with Gasteiger partial charge in [0.2, 0.25) is 0 Å². The van der Waals surface area contributed by atoms with E-state index in [4.69, 9.17) is 4.74 Å². The van der Waals surface area contributed by atoms with Crippen LogP contribution in [0.4, 0.5) is 5.00 Å². The Morgan fingerprint density at radius 3 is 3.19 bits per heavy atom. The first-order valence-electron chi connectivity index (χ1n) is 5.14. The molecule has 2 atom stereocenters. The largest absolute Gasteiger partial charge is 0.465 e. The van der Waals surface area contributed by atoms with Crippen LogP contribution >= 0.6 is 11.3 Å². The maximum atomic E-state index is 10.5. The molecule has 88 valence electrons. The number of rotatable bonds is 3. The molecule has 0 spiro atoms. The lowest BCUT2D eigenvalue weighted by Crippen LogP contribution is -2.42. The number of hydrogen-bond donors (Lipinski definition) is 1. The summed E-state index contributed by atoms with van der Waals surface area (Å²) in [4.78, 5) is 13.9. The van der Waals surface area contributed by atoms with Gasteiger partial charge >= 0.3 is 5.00 Å². The first-order chi connectivity index (χ1) is 7.66. The molecule has 1 saturated heterocycles. The van der Waals surface area contributed by atoms with Crippen LogP contribution in [0.15, 0.2) is 6.20 Å². The fourth-order valence-electron chi connectivity index (χ4n) is 1.64. The van der Waals surface area contributed by atoms with Gasteiger partial charge in [0.15, 0.2) is 0 Å². The SMILES string of the molecule is CC1CCNCC1Oc1ncc([N+](=O)[O-])s1. The van der Waals surface area contributed by atoms with Gasteiger partial charge in [-0.15, -0.1) is 0 Å². The van der Waals surface area contributed by atoms with Crippen LogP contribution in [0.25, 0.3) is 0 Å². The second-order valence-electron chi connectivity index (χ2n) is 3.85. The van der Waals surface area contributed by atoms with E-state index in [0.29, 0.717) is 11.1 Å². The summed E-state index contributed by atoms with van der Waals surface area (Å²) >= 11 is 0.976. The van der Waals surface area contributed by atoms with Crippen molar-refractivity contribution >= 4 is 16.3 Å². The Kier molecular flexibility index (Phi) is 3.35. The normalized spacial score (nSPS) is 25.3. The van der Waals surface area contributed by atoms with Crippen LogP contribution in [0.3, 0.4) is 0 Å². The zero-order chi connectivity index (χ0) is 11.5. The average molecular weight is 243 g/mol. The van der Waals surface area contributed by atoms with Crippen molar-refractivity contribution in [2.45, 2.75) is 19.4 Å². The third-order valence-electron chi connectivity index (χ3n) is 2.66. The fourth-order valence-corrected chi connectivity index (χ4v) is 2.27. The molecule has 1 fully saturated rings. The minimum atomic E-state index is -0.451. The smallest absolute Gasteiger partial charge is 0.347 e. The summed E-state index contributed by atoms with van der Waals surface area (Å²) in [6.45, 7) is 3.89. The van der Waals surface area contributed by atoms with Gasteiger partial charge in [0.25, 0.3) is 5.19 Å². The Bertz CT molecular complexity index is 382. The molecule has 0 aromatic carbocycles. The lowest BCUT2D eigenvalue weighted by atomic mass is 9.97. The molecular weight excluding hydrogens is 230 g/mol. The molecule has 1 aliphatic heterocycles. The molecule has 2 rings (SSSR count). The molecule has 1 N–H and O–H groups in total. The van der Waals surface area contributed by atoms with Gasteiger partial charge in [0, 0.05) is 6.54 Å². The fraction of sp³-hybridized carbons (Fsp3) is 0.667. The number of piperidine rings is 1. The molecule has 16 heavy (non-hydrogen) atoms. The maximum absolute atomic E-state index is 10.5. The highest BCUT2D eigenvalue weighted by Gasteiger charge is 2.24. The number of ether oxygens (including phenoxy) is 1. The molecule has 0 amide bonds. The van der Waals surface area contributed by atoms with Crippen LogP contribution in [0.1, 0.15) is 13.3 Å². The summed E-state index contributed by atoms with van der Waals surface area (Å²) in [5, 5.41) is 14.1. The third kappa shape index (κ3) is 2.48. The average Bonchev–Trinajstić information content (AvgIpc) is 2.70. The summed E-state index contributed by atoms with van der Waals surface area (Å²) in [5.41, 5.74) is 0. The second-order valence-corrected chi connectivity index (χ2v) is 4.82. The van der Waals surface area contributed by atoms with Crippen molar-refractivity contribution in [2.24, 2.45) is 5.92 Å². The van der Waals surface area contributed by atoms with E-state index in [0.717, 1.165) is 30.8 Å². The zero-order valence-electron chi connectivity index (χ0n) is 8.88. The van der Waals surface area contributed by atoms with E-state index < -0.39 is 4.92 Å². The number of nitrogens with one attached hydrogen (secondary N) is 1. The minimum absolute atomic E-state index is 0.0198. The number of nitro groups is 1. The second kappa shape index (κ2) is 4.75. The molecule has 0 aliphatic carbocycles. The molecule has 2 unspecified atom stereocenters. The van der Waals surface area contributed by atoms with Crippen molar-refractivity contribution < 1.29 is 9.66 Å². The van der Waals surface area contributed by atoms with Crippen molar-refractivity contribution in [1.29, 1.82) is 0 Å². The van der Waals surface area contributed by atoms with Crippen molar-refractivity contribution in [3.63, 3.8) is 0 Å². The number of thiazole rings is 1. The molecule has 1 aromatic heterocycles. The highest BCUT2D eigenvalue weighted by molar-refractivity contribution is 7.16. The Hall–Kier alpha value is -1.21. The lowest BCUT2D eigenvalue weighted by Gasteiger charge is -2.28. The summed E-state index contributed by atoms with van der Waals surface area (Å²) in [5.74, 6) is 0.448. The standard InChI is InChI=1S/C9H13N3O3S/c1-6-2-3-10-4-7(6)15-9-11-5-8(16-9)12(13)14/h5-7,10H,2-4H2,1H3.